The van der Waals surface area contributed by atoms with E-state index in [4.69, 9.17) is 15.6 Å². The number of nitrogens with two attached hydrogens (primary N) is 2. The predicted molar refractivity (Wildman–Crippen MR) is 139 cm³/mol. The van der Waals surface area contributed by atoms with Crippen molar-refractivity contribution in [3.63, 3.8) is 0 Å². The van der Waals surface area contributed by atoms with Gasteiger partial charge in [0.05, 0.1) is 17.2 Å². The summed E-state index contributed by atoms with van der Waals surface area (Å²) in [4.78, 5) is 0. The number of aliphatic hydroxyl groups is 1. The number of hydrogen-bond donors (Lipinski definition) is 3. The van der Waals surface area contributed by atoms with Crippen LogP contribution in [-0.4, -0.2) is 32.2 Å². The molecule has 0 saturated carbocycles. The van der Waals surface area contributed by atoms with E-state index < -0.39 is 29.6 Å². The number of unbranched alkanes of at least 4 members (excludes halogenated alkanes) is 1. The zero-order valence-electron chi connectivity index (χ0n) is 21.6. The average Bonchev–Trinajstić information content (AvgIpc) is 2.86. The lowest BCUT2D eigenvalue weighted by Gasteiger charge is -2.17. The molecule has 0 amide bonds. The highest BCUT2D eigenvalue weighted by molar-refractivity contribution is 7.16. The first-order valence-electron chi connectivity index (χ1n) is 11.4. The molecule has 2 unspecified atom stereocenters. The van der Waals surface area contributed by atoms with Crippen molar-refractivity contribution < 1.29 is 36.2 Å². The van der Waals surface area contributed by atoms with E-state index in [9.17, 15) is 26.3 Å². The van der Waals surface area contributed by atoms with Gasteiger partial charge in [-0.3, -0.25) is 0 Å². The Hall–Kier alpha value is -1.71. The molecular weight excluding hydrogens is 505 g/mol. The normalized spacial score (nSPS) is 11.2. The van der Waals surface area contributed by atoms with Crippen LogP contribution in [0.4, 0.5) is 26.3 Å². The SMILES string of the molecule is CC.CN.COC(C)c1cc(C(F)(F)F)cc(C(F)(F)F)c1.NCP.OCCCCc1ccccc1. The topological polar surface area (TPSA) is 81.5 Å². The smallest absolute Gasteiger partial charge is 0.396 e. The molecule has 11 heteroatoms. The Bertz CT molecular complexity index is 728. The van der Waals surface area contributed by atoms with Crippen LogP contribution in [0.3, 0.4) is 0 Å². The first-order chi connectivity index (χ1) is 16.9. The molecular formula is C25H41F6N2O2P. The molecule has 0 aliphatic heterocycles. The van der Waals surface area contributed by atoms with Crippen LogP contribution in [0, 0.1) is 0 Å². The number of ether oxygens (including phenoxy) is 1. The molecule has 210 valence electrons. The third-order valence-corrected chi connectivity index (χ3v) is 4.15. The Morgan fingerprint density at radius 1 is 0.889 bits per heavy atom. The van der Waals surface area contributed by atoms with Crippen molar-refractivity contribution in [3.8, 4) is 0 Å². The van der Waals surface area contributed by atoms with Gasteiger partial charge in [0, 0.05) is 20.0 Å². The molecule has 0 aliphatic carbocycles. The maximum Gasteiger partial charge on any atom is 0.416 e. The molecule has 0 radical (unpaired) electrons. The van der Waals surface area contributed by atoms with E-state index in [0.717, 1.165) is 19.3 Å². The van der Waals surface area contributed by atoms with Crippen LogP contribution in [0.25, 0.3) is 0 Å². The Morgan fingerprint density at radius 3 is 1.64 bits per heavy atom. The van der Waals surface area contributed by atoms with Gasteiger partial charge < -0.3 is 21.3 Å². The summed E-state index contributed by atoms with van der Waals surface area (Å²) >= 11 is 0. The zero-order valence-corrected chi connectivity index (χ0v) is 22.7. The van der Waals surface area contributed by atoms with Crippen molar-refractivity contribution in [1.82, 2.24) is 0 Å². The number of rotatable bonds is 6. The summed E-state index contributed by atoms with van der Waals surface area (Å²) in [6, 6.07) is 11.8. The van der Waals surface area contributed by atoms with Crippen LogP contribution in [-0.2, 0) is 23.5 Å². The summed E-state index contributed by atoms with van der Waals surface area (Å²) in [5, 5.41) is 8.54. The number of halogens is 6. The third-order valence-electron chi connectivity index (χ3n) is 4.15. The van der Waals surface area contributed by atoms with Crippen molar-refractivity contribution in [2.24, 2.45) is 11.5 Å². The van der Waals surface area contributed by atoms with E-state index in [-0.39, 0.29) is 11.6 Å². The van der Waals surface area contributed by atoms with Crippen molar-refractivity contribution in [2.45, 2.75) is 58.5 Å². The predicted octanol–water partition coefficient (Wildman–Crippen LogP) is 6.81. The maximum atomic E-state index is 12.5. The van der Waals surface area contributed by atoms with Gasteiger partial charge in [0.15, 0.2) is 0 Å². The standard InChI is InChI=1S/C11H10F6O.C10H14O.C2H6.CH6NP.CH5N/c1-6(18-2)7-3-8(10(12,13)14)5-9(4-7)11(15,16)17;11-9-5-4-8-10-6-2-1-3-7-10;1-2;2-1-3;1-2/h3-6H,1-2H3;1-3,6-7,11H,4-5,8-9H2;1-2H3;1-3H2;2H2,1H3. The van der Waals surface area contributed by atoms with Gasteiger partial charge in [-0.2, -0.15) is 26.3 Å². The van der Waals surface area contributed by atoms with Crippen LogP contribution in [0.1, 0.15) is 62.0 Å². The van der Waals surface area contributed by atoms with Crippen molar-refractivity contribution in [2.75, 3.05) is 27.1 Å². The average molecular weight is 547 g/mol. The number of alkyl halides is 6. The van der Waals surface area contributed by atoms with Gasteiger partial charge in [-0.25, -0.2) is 0 Å². The van der Waals surface area contributed by atoms with Gasteiger partial charge >= 0.3 is 12.4 Å². The van der Waals surface area contributed by atoms with E-state index in [1.165, 1.54) is 26.6 Å². The van der Waals surface area contributed by atoms with E-state index in [1.807, 2.05) is 32.0 Å². The van der Waals surface area contributed by atoms with Gasteiger partial charge in [-0.05, 0) is 62.6 Å². The molecule has 0 saturated heterocycles. The minimum absolute atomic E-state index is 0.0892. The summed E-state index contributed by atoms with van der Waals surface area (Å²) < 4.78 is 79.7. The lowest BCUT2D eigenvalue weighted by atomic mass is 10.0. The highest BCUT2D eigenvalue weighted by atomic mass is 31.0. The second-order valence-electron chi connectivity index (χ2n) is 6.62. The molecule has 4 nitrogen and oxygen atoms in total. The Morgan fingerprint density at radius 2 is 1.31 bits per heavy atom. The number of benzene rings is 2. The fourth-order valence-corrected chi connectivity index (χ4v) is 2.44. The second-order valence-corrected chi connectivity index (χ2v) is 7.09. The second kappa shape index (κ2) is 22.5. The molecule has 0 aromatic heterocycles. The maximum absolute atomic E-state index is 12.5. The van der Waals surface area contributed by atoms with Gasteiger partial charge in [0.1, 0.15) is 0 Å². The molecule has 2 atom stereocenters. The molecule has 5 N–H and O–H groups in total. The summed E-state index contributed by atoms with van der Waals surface area (Å²) in [6.45, 7) is 5.68. The summed E-state index contributed by atoms with van der Waals surface area (Å²) in [5.41, 5.74) is 7.83. The van der Waals surface area contributed by atoms with Gasteiger partial charge in [0.25, 0.3) is 0 Å². The number of aliphatic hydroxyl groups excluding tert-OH is 1. The summed E-state index contributed by atoms with van der Waals surface area (Å²) in [7, 11) is 5.06. The van der Waals surface area contributed by atoms with Gasteiger partial charge in [0.2, 0.25) is 0 Å². The molecule has 0 fully saturated rings. The number of aryl methyl sites for hydroxylation is 1. The summed E-state index contributed by atoms with van der Waals surface area (Å²) in [6.07, 6.45) is -6.77. The van der Waals surface area contributed by atoms with Crippen LogP contribution in [0.5, 0.6) is 0 Å². The Kier molecular flexibility index (Phi) is 24.2. The van der Waals surface area contributed by atoms with Crippen molar-refractivity contribution >= 4 is 9.24 Å². The van der Waals surface area contributed by atoms with Gasteiger partial charge in [-0.1, -0.05) is 44.2 Å². The molecule has 2 rings (SSSR count). The number of hydrogen-bond acceptors (Lipinski definition) is 4. The van der Waals surface area contributed by atoms with E-state index >= 15 is 0 Å². The first-order valence-corrected chi connectivity index (χ1v) is 12.2. The molecule has 36 heavy (non-hydrogen) atoms. The molecule has 0 bridgehead atoms. The molecule has 0 heterocycles. The molecule has 0 spiro atoms. The highest BCUT2D eigenvalue weighted by Gasteiger charge is 2.37. The molecule has 2 aromatic rings. The molecule has 2 aromatic carbocycles. The van der Waals surface area contributed by atoms with Crippen LogP contribution < -0.4 is 11.5 Å². The van der Waals surface area contributed by atoms with Crippen molar-refractivity contribution in [3.05, 3.63) is 70.8 Å². The monoisotopic (exact) mass is 546 g/mol. The first kappa shape index (κ1) is 38.8. The Balaban J connectivity index is -0.000000515. The van der Waals surface area contributed by atoms with E-state index in [0.29, 0.717) is 25.0 Å². The lowest BCUT2D eigenvalue weighted by Crippen LogP contribution is -2.12. The Labute approximate surface area is 213 Å². The van der Waals surface area contributed by atoms with Crippen LogP contribution in [0.15, 0.2) is 48.5 Å². The highest BCUT2D eigenvalue weighted by Crippen LogP contribution is 2.37. The van der Waals surface area contributed by atoms with Crippen LogP contribution in [0.2, 0.25) is 0 Å². The molecule has 0 aliphatic rings. The zero-order chi connectivity index (χ0) is 28.8. The fourth-order valence-electron chi connectivity index (χ4n) is 2.44. The van der Waals surface area contributed by atoms with Crippen molar-refractivity contribution in [1.29, 1.82) is 0 Å². The third kappa shape index (κ3) is 18.5. The van der Waals surface area contributed by atoms with Crippen LogP contribution >= 0.6 is 9.24 Å². The number of methoxy groups -OCH3 is 1. The minimum Gasteiger partial charge on any atom is -0.396 e. The minimum atomic E-state index is -4.83. The summed E-state index contributed by atoms with van der Waals surface area (Å²) in [5.74, 6) is 0. The largest absolute Gasteiger partial charge is 0.416 e. The van der Waals surface area contributed by atoms with Gasteiger partial charge in [-0.15, -0.1) is 9.24 Å². The quantitative estimate of drug-likeness (QED) is 0.211. The lowest BCUT2D eigenvalue weighted by molar-refractivity contribution is -0.143. The fraction of sp³-hybridized carbons (Fsp3) is 0.520. The van der Waals surface area contributed by atoms with E-state index in [2.05, 4.69) is 27.1 Å². The van der Waals surface area contributed by atoms with E-state index in [1.54, 1.807) is 0 Å².